The molecule has 1 aromatic carbocycles. The fraction of sp³-hybridized carbons (Fsp3) is 0.462. The van der Waals surface area contributed by atoms with E-state index in [0.717, 1.165) is 10.0 Å². The van der Waals surface area contributed by atoms with Gasteiger partial charge in [-0.1, -0.05) is 28.1 Å². The minimum Gasteiger partial charge on any atom is -0.393 e. The van der Waals surface area contributed by atoms with Crippen molar-refractivity contribution in [1.82, 2.24) is 4.90 Å². The maximum Gasteiger partial charge on any atom is 0.249 e. The first kappa shape index (κ1) is 13.5. The van der Waals surface area contributed by atoms with E-state index in [0.29, 0.717) is 13.1 Å². The predicted molar refractivity (Wildman–Crippen MR) is 71.0 cm³/mol. The summed E-state index contributed by atoms with van der Waals surface area (Å²) < 4.78 is 6.38. The SMILES string of the molecule is CC1(CO)CN(Cc2ccc(Br)cc2)C(=O)CO1. The van der Waals surface area contributed by atoms with Crippen LogP contribution < -0.4 is 0 Å². The number of morpholine rings is 1. The summed E-state index contributed by atoms with van der Waals surface area (Å²) >= 11 is 3.38. The molecule has 18 heavy (non-hydrogen) atoms. The van der Waals surface area contributed by atoms with Crippen LogP contribution in [0.15, 0.2) is 28.7 Å². The molecule has 0 saturated carbocycles. The topological polar surface area (TPSA) is 49.8 Å². The number of halogens is 1. The Labute approximate surface area is 115 Å². The maximum absolute atomic E-state index is 11.8. The van der Waals surface area contributed by atoms with Gasteiger partial charge in [0.1, 0.15) is 12.2 Å². The highest BCUT2D eigenvalue weighted by Crippen LogP contribution is 2.20. The average Bonchev–Trinajstić information content (AvgIpc) is 2.37. The second-order valence-corrected chi connectivity index (χ2v) is 5.69. The molecule has 1 atom stereocenters. The van der Waals surface area contributed by atoms with Crippen molar-refractivity contribution in [2.45, 2.75) is 19.1 Å². The van der Waals surface area contributed by atoms with Gasteiger partial charge in [0.25, 0.3) is 0 Å². The molecule has 1 unspecified atom stereocenters. The lowest BCUT2D eigenvalue weighted by Crippen LogP contribution is -2.54. The molecule has 1 N–H and O–H groups in total. The second kappa shape index (κ2) is 5.38. The smallest absolute Gasteiger partial charge is 0.249 e. The highest BCUT2D eigenvalue weighted by Gasteiger charge is 2.35. The first-order valence-corrected chi connectivity index (χ1v) is 6.59. The van der Waals surface area contributed by atoms with Gasteiger partial charge in [-0.2, -0.15) is 0 Å². The lowest BCUT2D eigenvalue weighted by Gasteiger charge is -2.39. The van der Waals surface area contributed by atoms with Crippen molar-refractivity contribution in [1.29, 1.82) is 0 Å². The van der Waals surface area contributed by atoms with Crippen molar-refractivity contribution in [2.75, 3.05) is 19.8 Å². The van der Waals surface area contributed by atoms with Crippen LogP contribution in [0.1, 0.15) is 12.5 Å². The Kier molecular flexibility index (Phi) is 4.04. The Morgan fingerprint density at radius 3 is 2.72 bits per heavy atom. The molecular weight excluding hydrogens is 298 g/mol. The van der Waals surface area contributed by atoms with Gasteiger partial charge < -0.3 is 14.7 Å². The van der Waals surface area contributed by atoms with Gasteiger partial charge in [0, 0.05) is 11.0 Å². The summed E-state index contributed by atoms with van der Waals surface area (Å²) in [5, 5.41) is 9.29. The van der Waals surface area contributed by atoms with Crippen LogP contribution in [0.3, 0.4) is 0 Å². The summed E-state index contributed by atoms with van der Waals surface area (Å²) in [6, 6.07) is 7.85. The van der Waals surface area contributed by atoms with Crippen molar-refractivity contribution in [3.05, 3.63) is 34.3 Å². The predicted octanol–water partition coefficient (Wildman–Crippen LogP) is 1.56. The molecular formula is C13H16BrNO3. The zero-order valence-corrected chi connectivity index (χ0v) is 11.8. The summed E-state index contributed by atoms with van der Waals surface area (Å²) in [5.41, 5.74) is 0.414. The number of benzene rings is 1. The van der Waals surface area contributed by atoms with Crippen LogP contribution in [-0.4, -0.2) is 41.3 Å². The normalized spacial score (nSPS) is 24.4. The molecule has 1 heterocycles. The van der Waals surface area contributed by atoms with Gasteiger partial charge in [0.05, 0.1) is 13.2 Å². The average molecular weight is 314 g/mol. The Balaban J connectivity index is 2.07. The van der Waals surface area contributed by atoms with E-state index < -0.39 is 5.60 Å². The van der Waals surface area contributed by atoms with Crippen LogP contribution in [0.25, 0.3) is 0 Å². The molecule has 0 spiro atoms. The van der Waals surface area contributed by atoms with Gasteiger partial charge >= 0.3 is 0 Å². The van der Waals surface area contributed by atoms with Crippen molar-refractivity contribution in [3.63, 3.8) is 0 Å². The molecule has 2 rings (SSSR count). The molecule has 0 aromatic heterocycles. The van der Waals surface area contributed by atoms with E-state index in [1.807, 2.05) is 31.2 Å². The third-order valence-electron chi connectivity index (χ3n) is 3.04. The van der Waals surface area contributed by atoms with Crippen LogP contribution in [-0.2, 0) is 16.1 Å². The van der Waals surface area contributed by atoms with Crippen LogP contribution in [0.5, 0.6) is 0 Å². The fourth-order valence-electron chi connectivity index (χ4n) is 1.91. The number of amides is 1. The molecule has 4 nitrogen and oxygen atoms in total. The quantitative estimate of drug-likeness (QED) is 0.921. The third kappa shape index (κ3) is 3.10. The summed E-state index contributed by atoms with van der Waals surface area (Å²) in [7, 11) is 0. The number of aliphatic hydroxyl groups is 1. The fourth-order valence-corrected chi connectivity index (χ4v) is 2.18. The lowest BCUT2D eigenvalue weighted by molar-refractivity contribution is -0.167. The Morgan fingerprint density at radius 1 is 1.44 bits per heavy atom. The maximum atomic E-state index is 11.8. The zero-order valence-electron chi connectivity index (χ0n) is 10.2. The minimum atomic E-state index is -0.650. The molecule has 98 valence electrons. The number of hydrogen-bond donors (Lipinski definition) is 1. The molecule has 1 fully saturated rings. The number of rotatable bonds is 3. The Morgan fingerprint density at radius 2 is 2.11 bits per heavy atom. The van der Waals surface area contributed by atoms with Gasteiger partial charge in [-0.3, -0.25) is 4.79 Å². The summed E-state index contributed by atoms with van der Waals surface area (Å²) in [6.45, 7) is 2.72. The minimum absolute atomic E-state index is 0.0353. The van der Waals surface area contributed by atoms with E-state index in [1.165, 1.54) is 0 Å². The van der Waals surface area contributed by atoms with Crippen LogP contribution >= 0.6 is 15.9 Å². The van der Waals surface area contributed by atoms with Crippen molar-refractivity contribution in [2.24, 2.45) is 0 Å². The number of ether oxygens (including phenoxy) is 1. The molecule has 1 aromatic rings. The molecule has 0 aliphatic carbocycles. The molecule has 1 aliphatic heterocycles. The highest BCUT2D eigenvalue weighted by molar-refractivity contribution is 9.10. The number of carbonyl (C=O) groups excluding carboxylic acids is 1. The standard InChI is InChI=1S/C13H16BrNO3/c1-13(9-16)8-15(12(17)7-18-13)6-10-2-4-11(14)5-3-10/h2-5,16H,6-9H2,1H3. The van der Waals surface area contributed by atoms with Gasteiger partial charge in [-0.05, 0) is 24.6 Å². The Bertz CT molecular complexity index is 434. The molecule has 5 heteroatoms. The van der Waals surface area contributed by atoms with Crippen molar-refractivity contribution < 1.29 is 14.6 Å². The van der Waals surface area contributed by atoms with Crippen molar-refractivity contribution in [3.8, 4) is 0 Å². The van der Waals surface area contributed by atoms with Gasteiger partial charge in [0.15, 0.2) is 0 Å². The van der Waals surface area contributed by atoms with E-state index in [4.69, 9.17) is 4.74 Å². The van der Waals surface area contributed by atoms with Gasteiger partial charge in [-0.25, -0.2) is 0 Å². The summed E-state index contributed by atoms with van der Waals surface area (Å²) in [5.74, 6) is -0.0381. The van der Waals surface area contributed by atoms with Gasteiger partial charge in [-0.15, -0.1) is 0 Å². The first-order chi connectivity index (χ1) is 8.52. The highest BCUT2D eigenvalue weighted by atomic mass is 79.9. The summed E-state index contributed by atoms with van der Waals surface area (Å²) in [4.78, 5) is 13.5. The van der Waals surface area contributed by atoms with E-state index >= 15 is 0 Å². The number of hydrogen-bond acceptors (Lipinski definition) is 3. The van der Waals surface area contributed by atoms with E-state index in [-0.39, 0.29) is 19.1 Å². The van der Waals surface area contributed by atoms with Crippen LogP contribution in [0.4, 0.5) is 0 Å². The van der Waals surface area contributed by atoms with Gasteiger partial charge in [0.2, 0.25) is 5.91 Å². The van der Waals surface area contributed by atoms with E-state index in [1.54, 1.807) is 4.90 Å². The Hall–Kier alpha value is -0.910. The third-order valence-corrected chi connectivity index (χ3v) is 3.57. The van der Waals surface area contributed by atoms with E-state index in [2.05, 4.69) is 15.9 Å². The molecule has 1 saturated heterocycles. The summed E-state index contributed by atoms with van der Waals surface area (Å²) in [6.07, 6.45) is 0. The first-order valence-electron chi connectivity index (χ1n) is 5.79. The second-order valence-electron chi connectivity index (χ2n) is 4.77. The molecule has 1 aliphatic rings. The number of carbonyl (C=O) groups is 1. The molecule has 0 bridgehead atoms. The van der Waals surface area contributed by atoms with Crippen LogP contribution in [0.2, 0.25) is 0 Å². The van der Waals surface area contributed by atoms with Crippen molar-refractivity contribution >= 4 is 21.8 Å². The van der Waals surface area contributed by atoms with E-state index in [9.17, 15) is 9.90 Å². The molecule has 1 amide bonds. The largest absolute Gasteiger partial charge is 0.393 e. The lowest BCUT2D eigenvalue weighted by atomic mass is 10.0. The zero-order chi connectivity index (χ0) is 13.2. The monoisotopic (exact) mass is 313 g/mol. The molecule has 0 radical (unpaired) electrons. The number of nitrogens with zero attached hydrogens (tertiary/aromatic N) is 1. The van der Waals surface area contributed by atoms with Crippen LogP contribution in [0, 0.1) is 0 Å². The number of aliphatic hydroxyl groups excluding tert-OH is 1.